The SMILES string of the molecule is CCCNCc1ccncc1OCCN(C)C1CC1. The summed E-state index contributed by atoms with van der Waals surface area (Å²) in [6, 6.07) is 2.82. The third kappa shape index (κ3) is 4.80. The van der Waals surface area contributed by atoms with Gasteiger partial charge in [-0.05, 0) is 38.9 Å². The highest BCUT2D eigenvalue weighted by molar-refractivity contribution is 5.29. The number of nitrogens with one attached hydrogen (secondary N) is 1. The van der Waals surface area contributed by atoms with Crippen LogP contribution in [0.1, 0.15) is 31.7 Å². The smallest absolute Gasteiger partial charge is 0.142 e. The van der Waals surface area contributed by atoms with E-state index in [1.807, 2.05) is 18.5 Å². The number of hydrogen-bond donors (Lipinski definition) is 1. The third-order valence-corrected chi connectivity index (χ3v) is 3.48. The Hall–Kier alpha value is -1.13. The van der Waals surface area contributed by atoms with Crippen LogP contribution in [0.25, 0.3) is 0 Å². The normalized spacial score (nSPS) is 14.9. The summed E-state index contributed by atoms with van der Waals surface area (Å²) in [5.74, 6) is 0.912. The first-order chi connectivity index (χ1) is 9.31. The van der Waals surface area contributed by atoms with Crippen molar-refractivity contribution in [1.29, 1.82) is 0 Å². The highest BCUT2D eigenvalue weighted by Gasteiger charge is 2.25. The van der Waals surface area contributed by atoms with Crippen LogP contribution in [0.3, 0.4) is 0 Å². The fourth-order valence-electron chi connectivity index (χ4n) is 2.08. The summed E-state index contributed by atoms with van der Waals surface area (Å²) in [5.41, 5.74) is 1.19. The first-order valence-corrected chi connectivity index (χ1v) is 7.28. The summed E-state index contributed by atoms with van der Waals surface area (Å²) in [5, 5.41) is 3.40. The van der Waals surface area contributed by atoms with Gasteiger partial charge in [-0.15, -0.1) is 0 Å². The molecule has 1 N–H and O–H groups in total. The molecule has 0 amide bonds. The van der Waals surface area contributed by atoms with Gasteiger partial charge in [0.25, 0.3) is 0 Å². The van der Waals surface area contributed by atoms with Crippen molar-refractivity contribution in [1.82, 2.24) is 15.2 Å². The summed E-state index contributed by atoms with van der Waals surface area (Å²) in [7, 11) is 2.17. The number of pyridine rings is 1. The zero-order valence-corrected chi connectivity index (χ0v) is 12.1. The van der Waals surface area contributed by atoms with Gasteiger partial charge >= 0.3 is 0 Å². The van der Waals surface area contributed by atoms with Crippen LogP contribution in [0.2, 0.25) is 0 Å². The van der Waals surface area contributed by atoms with E-state index in [1.54, 1.807) is 0 Å². The van der Waals surface area contributed by atoms with Gasteiger partial charge in [-0.1, -0.05) is 6.92 Å². The van der Waals surface area contributed by atoms with Gasteiger partial charge in [0.1, 0.15) is 12.4 Å². The van der Waals surface area contributed by atoms with Crippen LogP contribution < -0.4 is 10.1 Å². The summed E-state index contributed by atoms with van der Waals surface area (Å²) in [6.45, 7) is 5.78. The number of rotatable bonds is 9. The minimum Gasteiger partial charge on any atom is -0.490 e. The monoisotopic (exact) mass is 263 g/mol. The molecule has 0 spiro atoms. The maximum absolute atomic E-state index is 5.87. The maximum Gasteiger partial charge on any atom is 0.142 e. The van der Waals surface area contributed by atoms with Gasteiger partial charge in [0, 0.05) is 30.9 Å². The van der Waals surface area contributed by atoms with Crippen LogP contribution in [-0.4, -0.2) is 42.7 Å². The van der Waals surface area contributed by atoms with E-state index >= 15 is 0 Å². The molecular weight excluding hydrogens is 238 g/mol. The van der Waals surface area contributed by atoms with Crippen molar-refractivity contribution in [2.24, 2.45) is 0 Å². The zero-order valence-electron chi connectivity index (χ0n) is 12.1. The zero-order chi connectivity index (χ0) is 13.5. The summed E-state index contributed by atoms with van der Waals surface area (Å²) in [6.07, 6.45) is 7.48. The second-order valence-electron chi connectivity index (χ2n) is 5.22. The number of nitrogens with zero attached hydrogens (tertiary/aromatic N) is 2. The average molecular weight is 263 g/mol. The Morgan fingerprint density at radius 3 is 3.05 bits per heavy atom. The lowest BCUT2D eigenvalue weighted by Gasteiger charge is -2.17. The van der Waals surface area contributed by atoms with Gasteiger partial charge in [-0.3, -0.25) is 4.98 Å². The second kappa shape index (κ2) is 7.46. The summed E-state index contributed by atoms with van der Waals surface area (Å²) >= 11 is 0. The Bertz CT molecular complexity index is 379. The Kier molecular flexibility index (Phi) is 5.61. The van der Waals surface area contributed by atoms with Gasteiger partial charge < -0.3 is 15.0 Å². The molecule has 0 unspecified atom stereocenters. The molecule has 106 valence electrons. The minimum absolute atomic E-state index is 0.736. The lowest BCUT2D eigenvalue weighted by Crippen LogP contribution is -2.26. The molecule has 1 fully saturated rings. The molecule has 0 atom stereocenters. The summed E-state index contributed by atoms with van der Waals surface area (Å²) < 4.78 is 5.87. The molecule has 0 bridgehead atoms. The topological polar surface area (TPSA) is 37.4 Å². The van der Waals surface area contributed by atoms with Crippen LogP contribution in [0.5, 0.6) is 5.75 Å². The van der Waals surface area contributed by atoms with Crippen LogP contribution in [-0.2, 0) is 6.54 Å². The predicted molar refractivity (Wildman–Crippen MR) is 77.4 cm³/mol. The van der Waals surface area contributed by atoms with Gasteiger partial charge in [-0.25, -0.2) is 0 Å². The molecule has 0 radical (unpaired) electrons. The van der Waals surface area contributed by atoms with E-state index < -0.39 is 0 Å². The number of aromatic nitrogens is 1. The van der Waals surface area contributed by atoms with Crippen molar-refractivity contribution in [3.63, 3.8) is 0 Å². The lowest BCUT2D eigenvalue weighted by atomic mass is 10.2. The van der Waals surface area contributed by atoms with Gasteiger partial charge in [0.2, 0.25) is 0 Å². The molecule has 0 aromatic carbocycles. The molecule has 1 aromatic heterocycles. The van der Waals surface area contributed by atoms with E-state index in [9.17, 15) is 0 Å². The van der Waals surface area contributed by atoms with Crippen molar-refractivity contribution in [2.75, 3.05) is 26.7 Å². The molecule has 0 aliphatic heterocycles. The number of hydrogen-bond acceptors (Lipinski definition) is 4. The highest BCUT2D eigenvalue weighted by atomic mass is 16.5. The van der Waals surface area contributed by atoms with Gasteiger partial charge in [0.15, 0.2) is 0 Å². The minimum atomic E-state index is 0.736. The van der Waals surface area contributed by atoms with E-state index in [-0.39, 0.29) is 0 Å². The molecule has 0 saturated heterocycles. The number of ether oxygens (including phenoxy) is 1. The molecule has 1 aromatic rings. The first kappa shape index (κ1) is 14.3. The first-order valence-electron chi connectivity index (χ1n) is 7.28. The fourth-order valence-corrected chi connectivity index (χ4v) is 2.08. The molecule has 4 nitrogen and oxygen atoms in total. The molecule has 19 heavy (non-hydrogen) atoms. The molecule has 1 aliphatic carbocycles. The molecular formula is C15H25N3O. The second-order valence-corrected chi connectivity index (χ2v) is 5.22. The van der Waals surface area contributed by atoms with Gasteiger partial charge in [-0.2, -0.15) is 0 Å². The van der Waals surface area contributed by atoms with E-state index in [1.165, 1.54) is 18.4 Å². The van der Waals surface area contributed by atoms with Crippen LogP contribution in [0.15, 0.2) is 18.5 Å². The molecule has 1 heterocycles. The van der Waals surface area contributed by atoms with Crippen molar-refractivity contribution >= 4 is 0 Å². The van der Waals surface area contributed by atoms with Crippen molar-refractivity contribution < 1.29 is 4.74 Å². The van der Waals surface area contributed by atoms with Crippen LogP contribution in [0.4, 0.5) is 0 Å². The van der Waals surface area contributed by atoms with Crippen LogP contribution in [0, 0.1) is 0 Å². The van der Waals surface area contributed by atoms with Gasteiger partial charge in [0.05, 0.1) is 6.20 Å². The van der Waals surface area contributed by atoms with E-state index in [4.69, 9.17) is 4.74 Å². The van der Waals surface area contributed by atoms with Crippen molar-refractivity contribution in [3.05, 3.63) is 24.0 Å². The van der Waals surface area contributed by atoms with Crippen molar-refractivity contribution in [3.8, 4) is 5.75 Å². The van der Waals surface area contributed by atoms with E-state index in [2.05, 4.69) is 29.2 Å². The summed E-state index contributed by atoms with van der Waals surface area (Å²) in [4.78, 5) is 6.53. The van der Waals surface area contributed by atoms with E-state index in [0.29, 0.717) is 0 Å². The highest BCUT2D eigenvalue weighted by Crippen LogP contribution is 2.25. The Morgan fingerprint density at radius 2 is 2.32 bits per heavy atom. The Morgan fingerprint density at radius 1 is 1.47 bits per heavy atom. The molecule has 4 heteroatoms. The van der Waals surface area contributed by atoms with Crippen molar-refractivity contribution in [2.45, 2.75) is 38.8 Å². The lowest BCUT2D eigenvalue weighted by molar-refractivity contribution is 0.230. The standard InChI is InChI=1S/C15H25N3O/c1-3-7-16-11-13-6-8-17-12-15(13)19-10-9-18(2)14-4-5-14/h6,8,12,14,16H,3-5,7,9-11H2,1-2H3. The maximum atomic E-state index is 5.87. The third-order valence-electron chi connectivity index (χ3n) is 3.48. The van der Waals surface area contributed by atoms with E-state index in [0.717, 1.165) is 44.5 Å². The predicted octanol–water partition coefficient (Wildman–Crippen LogP) is 2.05. The quantitative estimate of drug-likeness (QED) is 0.692. The Balaban J connectivity index is 1.77. The fraction of sp³-hybridized carbons (Fsp3) is 0.667. The molecule has 2 rings (SSSR count). The van der Waals surface area contributed by atoms with Crippen LogP contribution >= 0.6 is 0 Å². The average Bonchev–Trinajstić information content (AvgIpc) is 3.25. The largest absolute Gasteiger partial charge is 0.490 e. The number of likely N-dealkylation sites (N-methyl/N-ethyl adjacent to an activating group) is 1. The molecule has 1 saturated carbocycles. The Labute approximate surface area is 116 Å². The molecule has 1 aliphatic rings.